The molecule has 0 spiro atoms. The Morgan fingerprint density at radius 2 is 1.50 bits per heavy atom. The lowest BCUT2D eigenvalue weighted by Gasteiger charge is -2.30. The van der Waals surface area contributed by atoms with Crippen LogP contribution in [-0.2, 0) is 9.09 Å². The highest BCUT2D eigenvalue weighted by Gasteiger charge is 2.37. The molecule has 0 saturated carbocycles. The van der Waals surface area contributed by atoms with Gasteiger partial charge >= 0.3 is 0 Å². The summed E-state index contributed by atoms with van der Waals surface area (Å²) in [6.07, 6.45) is 1.86. The van der Waals surface area contributed by atoms with Crippen molar-refractivity contribution in [3.8, 4) is 0 Å². The molecule has 0 aliphatic heterocycles. The number of hydrogen-bond acceptors (Lipinski definition) is 4. The van der Waals surface area contributed by atoms with E-state index in [4.69, 9.17) is 4.52 Å². The monoisotopic (exact) mass is 422 g/mol. The first kappa shape index (κ1) is 22.1. The maximum atomic E-state index is 14.6. The molecule has 0 amide bonds. The van der Waals surface area contributed by atoms with Crippen LogP contribution in [0, 0.1) is 0 Å². The van der Waals surface area contributed by atoms with Crippen molar-refractivity contribution >= 4 is 24.0 Å². The van der Waals surface area contributed by atoms with Crippen LogP contribution in [0.4, 0.5) is 11.4 Å². The van der Waals surface area contributed by atoms with Crippen molar-refractivity contribution < 1.29 is 9.09 Å². The van der Waals surface area contributed by atoms with Crippen molar-refractivity contribution in [3.63, 3.8) is 0 Å². The molecular formula is C25H31N2O2P. The second-order valence-corrected chi connectivity index (χ2v) is 10.0. The summed E-state index contributed by atoms with van der Waals surface area (Å²) in [5.74, 6) is -0.483. The third-order valence-corrected chi connectivity index (χ3v) is 7.73. The molecule has 4 nitrogen and oxygen atoms in total. The van der Waals surface area contributed by atoms with Crippen molar-refractivity contribution in [2.45, 2.75) is 25.5 Å². The Kier molecular flexibility index (Phi) is 7.73. The minimum Gasteiger partial charge on any atom is -0.378 e. The fraction of sp³-hybridized carbons (Fsp3) is 0.280. The van der Waals surface area contributed by atoms with Gasteiger partial charge in [-0.2, -0.15) is 0 Å². The zero-order chi connectivity index (χ0) is 21.4. The zero-order valence-electron chi connectivity index (χ0n) is 18.0. The molecule has 0 saturated heterocycles. The molecule has 0 radical (unpaired) electrons. The predicted molar refractivity (Wildman–Crippen MR) is 128 cm³/mol. The van der Waals surface area contributed by atoms with Gasteiger partial charge in [-0.1, -0.05) is 61.9 Å². The van der Waals surface area contributed by atoms with Gasteiger partial charge in [0.1, 0.15) is 5.78 Å². The Bertz CT molecular complexity index is 944. The van der Waals surface area contributed by atoms with Crippen LogP contribution in [0.1, 0.15) is 31.1 Å². The number of hydrogen-bond donors (Lipinski definition) is 1. The van der Waals surface area contributed by atoms with Crippen molar-refractivity contribution in [2.75, 3.05) is 30.9 Å². The van der Waals surface area contributed by atoms with Crippen molar-refractivity contribution in [2.24, 2.45) is 0 Å². The molecule has 0 aromatic heterocycles. The van der Waals surface area contributed by atoms with E-state index in [0.717, 1.165) is 35.1 Å². The predicted octanol–water partition coefficient (Wildman–Crippen LogP) is 6.28. The van der Waals surface area contributed by atoms with Gasteiger partial charge in [0.2, 0.25) is 0 Å². The van der Waals surface area contributed by atoms with E-state index in [1.54, 1.807) is 0 Å². The van der Waals surface area contributed by atoms with Gasteiger partial charge in [-0.3, -0.25) is 4.57 Å². The summed E-state index contributed by atoms with van der Waals surface area (Å²) in [4.78, 5) is 2.03. The van der Waals surface area contributed by atoms with Crippen LogP contribution in [-0.4, -0.2) is 20.7 Å². The summed E-state index contributed by atoms with van der Waals surface area (Å²) in [7, 11) is 0.714. The third-order valence-electron chi connectivity index (χ3n) is 5.04. The van der Waals surface area contributed by atoms with E-state index in [1.807, 2.05) is 104 Å². The number of rotatable bonds is 10. The average molecular weight is 423 g/mol. The Morgan fingerprint density at radius 3 is 2.07 bits per heavy atom. The molecule has 0 fully saturated rings. The zero-order valence-corrected chi connectivity index (χ0v) is 18.9. The van der Waals surface area contributed by atoms with Crippen molar-refractivity contribution in [3.05, 3.63) is 90.5 Å². The van der Waals surface area contributed by atoms with Gasteiger partial charge in [0.05, 0.1) is 6.61 Å². The highest BCUT2D eigenvalue weighted by Crippen LogP contribution is 2.59. The molecule has 0 unspecified atom stereocenters. The third kappa shape index (κ3) is 5.33. The summed E-state index contributed by atoms with van der Waals surface area (Å²) >= 11 is 0. The van der Waals surface area contributed by atoms with E-state index < -0.39 is 13.2 Å². The van der Waals surface area contributed by atoms with Gasteiger partial charge in [0, 0.05) is 30.8 Å². The van der Waals surface area contributed by atoms with Crippen molar-refractivity contribution in [1.29, 1.82) is 0 Å². The number of nitrogens with one attached hydrogen (secondary N) is 1. The lowest BCUT2D eigenvalue weighted by molar-refractivity contribution is 0.308. The SMILES string of the molecule is CCCCO[P@](=O)(c1ccc(N(C)C)cc1)[C@@H](Nc1ccccc1)c1ccccc1. The second-order valence-electron chi connectivity index (χ2n) is 7.52. The molecule has 158 valence electrons. The van der Waals surface area contributed by atoms with E-state index in [9.17, 15) is 4.57 Å². The lowest BCUT2D eigenvalue weighted by atomic mass is 10.2. The second kappa shape index (κ2) is 10.5. The fourth-order valence-corrected chi connectivity index (χ4v) is 5.74. The number of nitrogens with zero attached hydrogens (tertiary/aromatic N) is 1. The quantitative estimate of drug-likeness (QED) is 0.308. The molecule has 3 aromatic rings. The summed E-state index contributed by atoms with van der Waals surface area (Å²) in [6.45, 7) is 2.57. The topological polar surface area (TPSA) is 41.6 Å². The van der Waals surface area contributed by atoms with Gasteiger partial charge in [-0.05, 0) is 48.4 Å². The number of unbranched alkanes of at least 4 members (excludes halogenated alkanes) is 1. The standard InChI is InChI=1S/C25H31N2O2P/c1-4-5-20-29-30(28,24-18-16-23(17-19-24)27(2)3)25(21-12-8-6-9-13-21)26-22-14-10-7-11-15-22/h6-19,25-26H,4-5,20H2,1-3H3/t25-,30-/m1/s1. The Hall–Kier alpha value is -2.55. The summed E-state index contributed by atoms with van der Waals surface area (Å²) < 4.78 is 20.8. The van der Waals surface area contributed by atoms with E-state index in [0.29, 0.717) is 6.61 Å². The maximum absolute atomic E-state index is 14.6. The normalized spacial score (nSPS) is 14.0. The summed E-state index contributed by atoms with van der Waals surface area (Å²) in [5, 5.41) is 4.22. The molecule has 3 aromatic carbocycles. The first-order valence-corrected chi connectivity index (χ1v) is 12.1. The van der Waals surface area contributed by atoms with Gasteiger partial charge in [0.15, 0.2) is 0 Å². The van der Waals surface area contributed by atoms with Crippen LogP contribution < -0.4 is 15.5 Å². The van der Waals surface area contributed by atoms with Gasteiger partial charge in [0.25, 0.3) is 7.37 Å². The molecule has 0 aliphatic rings. The first-order valence-electron chi connectivity index (χ1n) is 10.4. The molecular weight excluding hydrogens is 391 g/mol. The minimum atomic E-state index is -3.28. The minimum absolute atomic E-state index is 0.461. The Balaban J connectivity index is 2.07. The Labute approximate surface area is 180 Å². The lowest BCUT2D eigenvalue weighted by Crippen LogP contribution is -2.21. The van der Waals surface area contributed by atoms with Gasteiger partial charge in [-0.25, -0.2) is 0 Å². The van der Waals surface area contributed by atoms with E-state index in [1.165, 1.54) is 0 Å². The molecule has 0 bridgehead atoms. The molecule has 2 atom stereocenters. The molecule has 30 heavy (non-hydrogen) atoms. The molecule has 3 rings (SSSR count). The highest BCUT2D eigenvalue weighted by molar-refractivity contribution is 7.67. The van der Waals surface area contributed by atoms with E-state index >= 15 is 0 Å². The van der Waals surface area contributed by atoms with E-state index in [2.05, 4.69) is 12.2 Å². The van der Waals surface area contributed by atoms with Gasteiger partial charge in [-0.15, -0.1) is 0 Å². The first-order chi connectivity index (χ1) is 14.5. The Morgan fingerprint density at radius 1 is 0.900 bits per heavy atom. The largest absolute Gasteiger partial charge is 0.378 e. The highest BCUT2D eigenvalue weighted by atomic mass is 31.2. The molecule has 1 N–H and O–H groups in total. The van der Waals surface area contributed by atoms with Crippen LogP contribution in [0.25, 0.3) is 0 Å². The van der Waals surface area contributed by atoms with Crippen LogP contribution >= 0.6 is 7.37 Å². The summed E-state index contributed by atoms with van der Waals surface area (Å²) in [5.41, 5.74) is 2.92. The molecule has 5 heteroatoms. The smallest absolute Gasteiger partial charge is 0.258 e. The fourth-order valence-electron chi connectivity index (χ4n) is 3.29. The molecule has 0 aliphatic carbocycles. The number of anilines is 2. The maximum Gasteiger partial charge on any atom is 0.258 e. The molecule has 0 heterocycles. The van der Waals surface area contributed by atoms with Crippen LogP contribution in [0.3, 0.4) is 0 Å². The van der Waals surface area contributed by atoms with Crippen LogP contribution in [0.2, 0.25) is 0 Å². The van der Waals surface area contributed by atoms with Gasteiger partial charge < -0.3 is 14.7 Å². The van der Waals surface area contributed by atoms with E-state index in [-0.39, 0.29) is 0 Å². The summed E-state index contributed by atoms with van der Waals surface area (Å²) in [6, 6.07) is 27.7. The number of para-hydroxylation sites is 1. The van der Waals surface area contributed by atoms with Crippen LogP contribution in [0.5, 0.6) is 0 Å². The van der Waals surface area contributed by atoms with Crippen LogP contribution in [0.15, 0.2) is 84.9 Å². The van der Waals surface area contributed by atoms with Crippen molar-refractivity contribution in [1.82, 2.24) is 0 Å². The number of benzene rings is 3. The average Bonchev–Trinajstić information content (AvgIpc) is 2.79.